The minimum atomic E-state index is -0.130. The van der Waals surface area contributed by atoms with Crippen molar-refractivity contribution >= 4 is 16.8 Å². The number of aryl methyl sites for hydroxylation is 1. The fourth-order valence-corrected chi connectivity index (χ4v) is 3.09. The molecular weight excluding hydrogens is 354 g/mol. The van der Waals surface area contributed by atoms with Gasteiger partial charge in [-0.3, -0.25) is 9.59 Å². The van der Waals surface area contributed by atoms with Crippen LogP contribution in [0.4, 0.5) is 0 Å². The van der Waals surface area contributed by atoms with E-state index in [9.17, 15) is 9.59 Å². The number of carbonyl (C=O) groups is 1. The summed E-state index contributed by atoms with van der Waals surface area (Å²) in [7, 11) is 3.41. The summed E-state index contributed by atoms with van der Waals surface area (Å²) in [6.45, 7) is 0.472. The SMILES string of the molecule is CN(Cc1ccc(-n2cccn2)cc1)C(=O)c1ccc2c(=O)n(C)cnc2c1. The van der Waals surface area contributed by atoms with Crippen molar-refractivity contribution < 1.29 is 4.79 Å². The topological polar surface area (TPSA) is 73.0 Å². The zero-order chi connectivity index (χ0) is 19.7. The van der Waals surface area contributed by atoms with Crippen LogP contribution in [0.25, 0.3) is 16.6 Å². The summed E-state index contributed by atoms with van der Waals surface area (Å²) in [5.41, 5.74) is 2.87. The predicted molar refractivity (Wildman–Crippen MR) is 106 cm³/mol. The molecule has 0 bridgehead atoms. The van der Waals surface area contributed by atoms with E-state index >= 15 is 0 Å². The summed E-state index contributed by atoms with van der Waals surface area (Å²) in [6.07, 6.45) is 5.07. The number of rotatable bonds is 4. The molecule has 7 heteroatoms. The van der Waals surface area contributed by atoms with Gasteiger partial charge in [0, 0.05) is 38.6 Å². The normalized spacial score (nSPS) is 10.9. The van der Waals surface area contributed by atoms with E-state index in [-0.39, 0.29) is 11.5 Å². The maximum absolute atomic E-state index is 12.8. The number of amides is 1. The molecule has 0 aliphatic carbocycles. The minimum Gasteiger partial charge on any atom is -0.337 e. The summed E-state index contributed by atoms with van der Waals surface area (Å²) < 4.78 is 3.20. The third-order valence-electron chi connectivity index (χ3n) is 4.64. The lowest BCUT2D eigenvalue weighted by molar-refractivity contribution is 0.0785. The van der Waals surface area contributed by atoms with Crippen LogP contribution in [0.5, 0.6) is 0 Å². The fraction of sp³-hybridized carbons (Fsp3) is 0.143. The highest BCUT2D eigenvalue weighted by Crippen LogP contribution is 2.14. The molecule has 0 fully saturated rings. The van der Waals surface area contributed by atoms with Crippen LogP contribution in [0.15, 0.2) is 72.0 Å². The molecule has 4 aromatic rings. The van der Waals surface area contributed by atoms with Crippen LogP contribution in [0, 0.1) is 0 Å². The average Bonchev–Trinajstić information content (AvgIpc) is 3.25. The Morgan fingerprint density at radius 1 is 1.14 bits per heavy atom. The maximum atomic E-state index is 12.8. The monoisotopic (exact) mass is 373 g/mol. The van der Waals surface area contributed by atoms with Crippen molar-refractivity contribution in [2.24, 2.45) is 7.05 Å². The van der Waals surface area contributed by atoms with Gasteiger partial charge in [0.25, 0.3) is 11.5 Å². The minimum absolute atomic E-state index is 0.125. The van der Waals surface area contributed by atoms with Crippen LogP contribution in [-0.2, 0) is 13.6 Å². The summed E-state index contributed by atoms with van der Waals surface area (Å²) in [4.78, 5) is 30.8. The van der Waals surface area contributed by atoms with Gasteiger partial charge in [-0.2, -0.15) is 5.10 Å². The van der Waals surface area contributed by atoms with Gasteiger partial charge in [0.1, 0.15) is 0 Å². The molecule has 0 radical (unpaired) electrons. The lowest BCUT2D eigenvalue weighted by Gasteiger charge is -2.18. The quantitative estimate of drug-likeness (QED) is 0.551. The van der Waals surface area contributed by atoms with Gasteiger partial charge in [-0.05, 0) is 42.0 Å². The zero-order valence-corrected chi connectivity index (χ0v) is 15.6. The molecule has 0 aliphatic heterocycles. The third kappa shape index (κ3) is 3.29. The smallest absolute Gasteiger partial charge is 0.260 e. The molecule has 0 N–H and O–H groups in total. The van der Waals surface area contributed by atoms with Crippen molar-refractivity contribution in [1.82, 2.24) is 24.2 Å². The fourth-order valence-electron chi connectivity index (χ4n) is 3.09. The Labute approximate surface area is 161 Å². The molecule has 0 saturated carbocycles. The maximum Gasteiger partial charge on any atom is 0.260 e. The number of hydrogen-bond donors (Lipinski definition) is 0. The number of benzene rings is 2. The molecule has 7 nitrogen and oxygen atoms in total. The summed E-state index contributed by atoms with van der Waals surface area (Å²) in [5.74, 6) is -0.125. The highest BCUT2D eigenvalue weighted by molar-refractivity contribution is 5.97. The molecule has 2 aromatic carbocycles. The second-order valence-corrected chi connectivity index (χ2v) is 6.67. The molecule has 0 saturated heterocycles. The van der Waals surface area contributed by atoms with E-state index in [1.165, 1.54) is 10.9 Å². The first-order valence-electron chi connectivity index (χ1n) is 8.83. The van der Waals surface area contributed by atoms with Crippen LogP contribution < -0.4 is 5.56 Å². The Balaban J connectivity index is 1.52. The third-order valence-corrected chi connectivity index (χ3v) is 4.64. The zero-order valence-electron chi connectivity index (χ0n) is 15.6. The van der Waals surface area contributed by atoms with Crippen LogP contribution in [0.2, 0.25) is 0 Å². The van der Waals surface area contributed by atoms with Crippen molar-refractivity contribution in [1.29, 1.82) is 0 Å². The molecule has 4 rings (SSSR count). The molecule has 1 amide bonds. The van der Waals surface area contributed by atoms with E-state index in [2.05, 4.69) is 10.1 Å². The van der Waals surface area contributed by atoms with Crippen molar-refractivity contribution in [3.63, 3.8) is 0 Å². The molecule has 0 spiro atoms. The highest BCUT2D eigenvalue weighted by Gasteiger charge is 2.14. The van der Waals surface area contributed by atoms with Gasteiger partial charge in [-0.1, -0.05) is 12.1 Å². The highest BCUT2D eigenvalue weighted by atomic mass is 16.2. The Morgan fingerprint density at radius 3 is 2.64 bits per heavy atom. The molecule has 140 valence electrons. The lowest BCUT2D eigenvalue weighted by Crippen LogP contribution is -2.26. The molecule has 28 heavy (non-hydrogen) atoms. The van der Waals surface area contributed by atoms with Crippen LogP contribution >= 0.6 is 0 Å². The van der Waals surface area contributed by atoms with Gasteiger partial charge in [0.2, 0.25) is 0 Å². The van der Waals surface area contributed by atoms with Crippen molar-refractivity contribution in [2.75, 3.05) is 7.05 Å². The van der Waals surface area contributed by atoms with Gasteiger partial charge in [0.05, 0.1) is 22.9 Å². The van der Waals surface area contributed by atoms with E-state index in [0.717, 1.165) is 11.3 Å². The Bertz CT molecular complexity index is 1190. The first-order valence-corrected chi connectivity index (χ1v) is 8.83. The molecule has 0 unspecified atom stereocenters. The van der Waals surface area contributed by atoms with Gasteiger partial charge >= 0.3 is 0 Å². The van der Waals surface area contributed by atoms with Gasteiger partial charge in [-0.15, -0.1) is 0 Å². The van der Waals surface area contributed by atoms with E-state index in [1.54, 1.807) is 48.1 Å². The molecule has 0 aliphatic rings. The van der Waals surface area contributed by atoms with E-state index in [4.69, 9.17) is 0 Å². The predicted octanol–water partition coefficient (Wildman–Crippen LogP) is 2.39. The Kier molecular flexibility index (Phi) is 4.49. The van der Waals surface area contributed by atoms with Crippen molar-refractivity contribution in [3.05, 3.63) is 88.7 Å². The van der Waals surface area contributed by atoms with Crippen molar-refractivity contribution in [2.45, 2.75) is 6.54 Å². The van der Waals surface area contributed by atoms with E-state index < -0.39 is 0 Å². The average molecular weight is 373 g/mol. The second-order valence-electron chi connectivity index (χ2n) is 6.67. The standard InChI is InChI=1S/C21H19N5O2/c1-24(13-15-4-7-17(8-5-15)26-11-3-10-23-26)20(27)16-6-9-18-19(12-16)22-14-25(2)21(18)28/h3-12,14H,13H2,1-2H3. The van der Waals surface area contributed by atoms with Gasteiger partial charge in [0.15, 0.2) is 0 Å². The largest absolute Gasteiger partial charge is 0.337 e. The van der Waals surface area contributed by atoms with E-state index in [0.29, 0.717) is 23.0 Å². The summed E-state index contributed by atoms with van der Waals surface area (Å²) in [5, 5.41) is 4.70. The molecular formula is C21H19N5O2. The Morgan fingerprint density at radius 2 is 1.93 bits per heavy atom. The first-order chi connectivity index (χ1) is 13.5. The van der Waals surface area contributed by atoms with Gasteiger partial charge < -0.3 is 9.47 Å². The lowest BCUT2D eigenvalue weighted by atomic mass is 10.1. The van der Waals surface area contributed by atoms with Crippen LogP contribution in [-0.4, -0.2) is 37.2 Å². The summed E-state index contributed by atoms with van der Waals surface area (Å²) >= 11 is 0. The number of nitrogens with zero attached hydrogens (tertiary/aromatic N) is 5. The number of fused-ring (bicyclic) bond motifs is 1. The second kappa shape index (κ2) is 7.11. The number of hydrogen-bond acceptors (Lipinski definition) is 4. The van der Waals surface area contributed by atoms with Crippen LogP contribution in [0.3, 0.4) is 0 Å². The molecule has 0 atom stereocenters. The van der Waals surface area contributed by atoms with Crippen LogP contribution in [0.1, 0.15) is 15.9 Å². The Hall–Kier alpha value is -3.74. The van der Waals surface area contributed by atoms with Crippen molar-refractivity contribution in [3.8, 4) is 5.69 Å². The van der Waals surface area contributed by atoms with Gasteiger partial charge in [-0.25, -0.2) is 9.67 Å². The number of aromatic nitrogens is 4. The first kappa shape index (κ1) is 17.7. The molecule has 2 heterocycles. The molecule has 2 aromatic heterocycles. The summed E-state index contributed by atoms with van der Waals surface area (Å²) in [6, 6.07) is 14.8. The van der Waals surface area contributed by atoms with E-state index in [1.807, 2.05) is 36.5 Å². The number of carbonyl (C=O) groups excluding carboxylic acids is 1.